The Balaban J connectivity index is 3.96. The van der Waals surface area contributed by atoms with Gasteiger partial charge in [-0.2, -0.15) is 0 Å². The quantitative estimate of drug-likeness (QED) is 0.268. The van der Waals surface area contributed by atoms with Gasteiger partial charge in [0.1, 0.15) is 18.3 Å². The average molecular weight is 232 g/mol. The number of phosphoric ester groups is 1. The lowest BCUT2D eigenvalue weighted by atomic mass is 10.1. The zero-order valence-electron chi connectivity index (χ0n) is 7.09. The van der Waals surface area contributed by atoms with Gasteiger partial charge in [-0.25, -0.2) is 4.57 Å². The molecule has 8 nitrogen and oxygen atoms in total. The summed E-state index contributed by atoms with van der Waals surface area (Å²) in [5, 5.41) is 35.2. The lowest BCUT2D eigenvalue weighted by molar-refractivity contribution is -0.0891. The monoisotopic (exact) mass is 232 g/mol. The summed E-state index contributed by atoms with van der Waals surface area (Å²) in [6.45, 7) is -1.63. The molecule has 0 aromatic heterocycles. The fourth-order valence-electron chi connectivity index (χ4n) is 0.636. The molecule has 9 heteroatoms. The van der Waals surface area contributed by atoms with Crippen molar-refractivity contribution >= 4 is 7.82 Å². The van der Waals surface area contributed by atoms with Crippen molar-refractivity contribution in [2.45, 2.75) is 18.3 Å². The standard InChI is InChI=1S/C5H13O8P/c6-1-3(7)5(9)4(8)2-13-14(10,11)12/h3-9H,1-2H2,(H2,10,11,12)/t3-,4-,5+/m0/s1. The Kier molecular flexibility index (Phi) is 5.72. The van der Waals surface area contributed by atoms with E-state index in [-0.39, 0.29) is 0 Å². The van der Waals surface area contributed by atoms with E-state index in [4.69, 9.17) is 30.2 Å². The fraction of sp³-hybridized carbons (Fsp3) is 1.00. The van der Waals surface area contributed by atoms with Gasteiger partial charge < -0.3 is 30.2 Å². The molecule has 0 aromatic rings. The van der Waals surface area contributed by atoms with Gasteiger partial charge in [0.05, 0.1) is 13.2 Å². The van der Waals surface area contributed by atoms with Crippen molar-refractivity contribution in [3.05, 3.63) is 0 Å². The third kappa shape index (κ3) is 5.63. The molecule has 0 heterocycles. The molecule has 0 saturated heterocycles. The molecule has 0 aromatic carbocycles. The van der Waals surface area contributed by atoms with E-state index in [0.717, 1.165) is 0 Å². The van der Waals surface area contributed by atoms with Crippen molar-refractivity contribution in [3.63, 3.8) is 0 Å². The van der Waals surface area contributed by atoms with Crippen LogP contribution in [0.5, 0.6) is 0 Å². The third-order valence-electron chi connectivity index (χ3n) is 1.39. The van der Waals surface area contributed by atoms with Crippen molar-refractivity contribution in [3.8, 4) is 0 Å². The molecule has 0 saturated carbocycles. The van der Waals surface area contributed by atoms with Crippen LogP contribution in [0.3, 0.4) is 0 Å². The van der Waals surface area contributed by atoms with Gasteiger partial charge in [-0.1, -0.05) is 0 Å². The molecule has 0 amide bonds. The van der Waals surface area contributed by atoms with Crippen molar-refractivity contribution in [2.75, 3.05) is 13.2 Å². The minimum absolute atomic E-state index is 0.784. The molecule has 0 radical (unpaired) electrons. The Morgan fingerprint density at radius 2 is 1.64 bits per heavy atom. The lowest BCUT2D eigenvalue weighted by Gasteiger charge is -2.21. The molecule has 3 atom stereocenters. The summed E-state index contributed by atoms with van der Waals surface area (Å²) in [4.78, 5) is 16.5. The minimum atomic E-state index is -4.71. The van der Waals surface area contributed by atoms with Crippen molar-refractivity contribution in [1.29, 1.82) is 0 Å². The molecule has 86 valence electrons. The third-order valence-corrected chi connectivity index (χ3v) is 1.87. The number of aliphatic hydroxyl groups excluding tert-OH is 4. The molecule has 0 bridgehead atoms. The van der Waals surface area contributed by atoms with E-state index in [1.165, 1.54) is 0 Å². The van der Waals surface area contributed by atoms with Crippen LogP contribution in [0, 0.1) is 0 Å². The molecule has 0 spiro atoms. The Hall–Kier alpha value is -0.0500. The van der Waals surface area contributed by atoms with E-state index < -0.39 is 39.3 Å². The predicted octanol–water partition coefficient (Wildman–Crippen LogP) is -2.83. The SMILES string of the molecule is O=P(O)(O)OC[C@H](O)[C@H](O)[C@@H](O)CO. The van der Waals surface area contributed by atoms with E-state index in [0.29, 0.717) is 0 Å². The van der Waals surface area contributed by atoms with Gasteiger partial charge in [0.15, 0.2) is 0 Å². The Bertz CT molecular complexity index is 202. The summed E-state index contributed by atoms with van der Waals surface area (Å²) in [5.41, 5.74) is 0. The van der Waals surface area contributed by atoms with Crippen molar-refractivity contribution in [2.24, 2.45) is 0 Å². The molecule has 0 aliphatic heterocycles. The van der Waals surface area contributed by atoms with Crippen LogP contribution in [0.4, 0.5) is 0 Å². The Morgan fingerprint density at radius 3 is 2.00 bits per heavy atom. The first-order valence-corrected chi connectivity index (χ1v) is 5.16. The zero-order valence-corrected chi connectivity index (χ0v) is 7.99. The Morgan fingerprint density at radius 1 is 1.14 bits per heavy atom. The first-order valence-electron chi connectivity index (χ1n) is 3.63. The molecule has 0 fully saturated rings. The molecule has 0 aliphatic carbocycles. The van der Waals surface area contributed by atoms with Crippen LogP contribution in [0.1, 0.15) is 0 Å². The highest BCUT2D eigenvalue weighted by Crippen LogP contribution is 2.35. The topological polar surface area (TPSA) is 148 Å². The lowest BCUT2D eigenvalue weighted by Crippen LogP contribution is -2.41. The van der Waals surface area contributed by atoms with Crippen molar-refractivity contribution in [1.82, 2.24) is 0 Å². The van der Waals surface area contributed by atoms with Crippen LogP contribution >= 0.6 is 7.82 Å². The van der Waals surface area contributed by atoms with Crippen LogP contribution in [0.2, 0.25) is 0 Å². The normalized spacial score (nSPS) is 19.0. The van der Waals surface area contributed by atoms with Gasteiger partial charge in [-0.05, 0) is 0 Å². The summed E-state index contributed by atoms with van der Waals surface area (Å²) >= 11 is 0. The van der Waals surface area contributed by atoms with E-state index in [1.807, 2.05) is 0 Å². The molecule has 6 N–H and O–H groups in total. The second-order valence-electron chi connectivity index (χ2n) is 2.59. The molecular weight excluding hydrogens is 219 g/mol. The number of hydrogen-bond acceptors (Lipinski definition) is 6. The van der Waals surface area contributed by atoms with Crippen LogP contribution in [0.15, 0.2) is 0 Å². The second-order valence-corrected chi connectivity index (χ2v) is 3.83. The highest BCUT2D eigenvalue weighted by molar-refractivity contribution is 7.46. The van der Waals surface area contributed by atoms with Crippen LogP contribution in [0.25, 0.3) is 0 Å². The summed E-state index contributed by atoms with van der Waals surface area (Å²) in [5.74, 6) is 0. The smallest absolute Gasteiger partial charge is 0.394 e. The van der Waals surface area contributed by atoms with E-state index in [9.17, 15) is 4.57 Å². The highest BCUT2D eigenvalue weighted by atomic mass is 31.2. The van der Waals surface area contributed by atoms with Crippen LogP contribution in [-0.4, -0.2) is 61.7 Å². The number of rotatable bonds is 6. The van der Waals surface area contributed by atoms with Crippen molar-refractivity contribution < 1.29 is 39.3 Å². The largest absolute Gasteiger partial charge is 0.469 e. The minimum Gasteiger partial charge on any atom is -0.394 e. The fourth-order valence-corrected chi connectivity index (χ4v) is 0.983. The molecule has 0 rings (SSSR count). The van der Waals surface area contributed by atoms with E-state index >= 15 is 0 Å². The van der Waals surface area contributed by atoms with Gasteiger partial charge in [-0.15, -0.1) is 0 Å². The summed E-state index contributed by atoms with van der Waals surface area (Å²) in [7, 11) is -4.71. The number of hydrogen-bond donors (Lipinski definition) is 6. The molecular formula is C5H13O8P. The van der Waals surface area contributed by atoms with E-state index in [2.05, 4.69) is 4.52 Å². The first kappa shape index (κ1) is 13.9. The van der Waals surface area contributed by atoms with Gasteiger partial charge in [0.2, 0.25) is 0 Å². The maximum Gasteiger partial charge on any atom is 0.469 e. The summed E-state index contributed by atoms with van der Waals surface area (Å²) in [6.07, 6.45) is -5.01. The number of phosphoric acid groups is 1. The molecule has 0 aliphatic rings. The van der Waals surface area contributed by atoms with E-state index in [1.54, 1.807) is 0 Å². The average Bonchev–Trinajstić information content (AvgIpc) is 2.10. The maximum absolute atomic E-state index is 10.2. The Labute approximate surface area is 79.6 Å². The van der Waals surface area contributed by atoms with Crippen LogP contribution in [-0.2, 0) is 9.09 Å². The van der Waals surface area contributed by atoms with Gasteiger partial charge in [0, 0.05) is 0 Å². The summed E-state index contributed by atoms with van der Waals surface area (Å²) < 4.78 is 14.0. The molecule has 14 heavy (non-hydrogen) atoms. The first-order chi connectivity index (χ1) is 6.28. The highest BCUT2D eigenvalue weighted by Gasteiger charge is 2.26. The summed E-state index contributed by atoms with van der Waals surface area (Å²) in [6, 6.07) is 0. The number of aliphatic hydroxyl groups is 4. The maximum atomic E-state index is 10.2. The molecule has 0 unspecified atom stereocenters. The van der Waals surface area contributed by atoms with Crippen LogP contribution < -0.4 is 0 Å². The predicted molar refractivity (Wildman–Crippen MR) is 43.1 cm³/mol. The van der Waals surface area contributed by atoms with Gasteiger partial charge in [-0.3, -0.25) is 4.52 Å². The van der Waals surface area contributed by atoms with Gasteiger partial charge >= 0.3 is 7.82 Å². The second kappa shape index (κ2) is 5.74. The zero-order chi connectivity index (χ0) is 11.4. The van der Waals surface area contributed by atoms with Gasteiger partial charge in [0.25, 0.3) is 0 Å².